The third-order valence-electron chi connectivity index (χ3n) is 4.33. The smallest absolute Gasteiger partial charge is 0.407 e. The third-order valence-corrected chi connectivity index (χ3v) is 4.33. The Morgan fingerprint density at radius 2 is 1.54 bits per heavy atom. The molecule has 24 heavy (non-hydrogen) atoms. The fourth-order valence-corrected chi connectivity index (χ4v) is 3.00. The van der Waals surface area contributed by atoms with Gasteiger partial charge in [0.25, 0.3) is 0 Å². The summed E-state index contributed by atoms with van der Waals surface area (Å²) in [5.41, 5.74) is 3.61. The normalized spacial score (nSPS) is 13.9. The predicted molar refractivity (Wildman–Crippen MR) is 93.4 cm³/mol. The van der Waals surface area contributed by atoms with Crippen LogP contribution in [0.3, 0.4) is 0 Å². The monoisotopic (exact) mass is 335 g/mol. The lowest BCUT2D eigenvalue weighted by Crippen LogP contribution is -2.31. The van der Waals surface area contributed by atoms with Crippen molar-refractivity contribution in [3.05, 3.63) is 34.9 Å². The molecule has 5 heteroatoms. The van der Waals surface area contributed by atoms with E-state index < -0.39 is 6.09 Å². The summed E-state index contributed by atoms with van der Waals surface area (Å²) in [6, 6.07) is 6.73. The highest BCUT2D eigenvalue weighted by Crippen LogP contribution is 2.29. The first-order valence-corrected chi connectivity index (χ1v) is 8.73. The van der Waals surface area contributed by atoms with Gasteiger partial charge in [-0.25, -0.2) is 4.79 Å². The molecule has 0 unspecified atom stereocenters. The molecule has 134 valence electrons. The topological polar surface area (TPSA) is 59.0 Å². The number of hydrogen-bond acceptors (Lipinski definition) is 3. The zero-order chi connectivity index (χ0) is 17.4. The Balaban J connectivity index is 2.09. The summed E-state index contributed by atoms with van der Waals surface area (Å²) in [5, 5.41) is 9.42. The van der Waals surface area contributed by atoms with Gasteiger partial charge >= 0.3 is 6.09 Å². The number of benzene rings is 1. The summed E-state index contributed by atoms with van der Waals surface area (Å²) in [7, 11) is 3.43. The first kappa shape index (κ1) is 18.7. The van der Waals surface area contributed by atoms with Crippen molar-refractivity contribution in [2.45, 2.75) is 51.1 Å². The quantitative estimate of drug-likeness (QED) is 0.629. The minimum absolute atomic E-state index is 0.205. The third kappa shape index (κ3) is 6.13. The molecule has 5 nitrogen and oxygen atoms in total. The van der Waals surface area contributed by atoms with E-state index in [1.54, 1.807) is 19.1 Å². The molecule has 0 aromatic heterocycles. The fraction of sp³-hybridized carbons (Fsp3) is 0.632. The molecule has 2 rings (SSSR count). The largest absolute Gasteiger partial charge is 0.465 e. The maximum absolute atomic E-state index is 11.5. The lowest BCUT2D eigenvalue weighted by Gasteiger charge is -2.20. The van der Waals surface area contributed by atoms with Crippen LogP contribution >= 0.6 is 0 Å². The molecule has 0 bridgehead atoms. The van der Waals surface area contributed by atoms with Gasteiger partial charge in [0.1, 0.15) is 0 Å². The van der Waals surface area contributed by atoms with Crippen molar-refractivity contribution in [3.8, 4) is 0 Å². The summed E-state index contributed by atoms with van der Waals surface area (Å²) in [5.74, 6) is 0. The molecule has 0 heterocycles. The molecule has 0 radical (unpaired) electrons. The van der Waals surface area contributed by atoms with Gasteiger partial charge in [0.15, 0.2) is 0 Å². The van der Waals surface area contributed by atoms with E-state index in [9.17, 15) is 9.90 Å². The molecule has 1 aromatic rings. The maximum atomic E-state index is 11.5. The van der Waals surface area contributed by atoms with E-state index in [1.165, 1.54) is 11.1 Å². The van der Waals surface area contributed by atoms with Crippen LogP contribution in [0.2, 0.25) is 0 Å². The average molecular weight is 335 g/mol. The average Bonchev–Trinajstić information content (AvgIpc) is 3.37. The second-order valence-corrected chi connectivity index (χ2v) is 6.49. The minimum atomic E-state index is -0.816. The van der Waals surface area contributed by atoms with E-state index in [0.29, 0.717) is 6.54 Å². The van der Waals surface area contributed by atoms with Crippen molar-refractivity contribution in [2.75, 3.05) is 27.4 Å². The van der Waals surface area contributed by atoms with Crippen molar-refractivity contribution in [1.82, 2.24) is 4.90 Å². The Morgan fingerprint density at radius 1 is 1.04 bits per heavy atom. The molecule has 0 aliphatic heterocycles. The number of methoxy groups -OCH3 is 2. The van der Waals surface area contributed by atoms with Gasteiger partial charge in [0.05, 0.1) is 0 Å². The molecule has 1 amide bonds. The molecule has 0 saturated heterocycles. The van der Waals surface area contributed by atoms with Gasteiger partial charge in [-0.1, -0.05) is 18.2 Å². The van der Waals surface area contributed by atoms with Crippen LogP contribution in [0.4, 0.5) is 4.79 Å². The van der Waals surface area contributed by atoms with Gasteiger partial charge in [-0.3, -0.25) is 0 Å². The highest BCUT2D eigenvalue weighted by molar-refractivity contribution is 5.66. The lowest BCUT2D eigenvalue weighted by atomic mass is 9.99. The van der Waals surface area contributed by atoms with Crippen LogP contribution in [0, 0.1) is 0 Å². The summed E-state index contributed by atoms with van der Waals surface area (Å²) in [6.45, 7) is 1.97. The predicted octanol–water partition coefficient (Wildman–Crippen LogP) is 3.49. The van der Waals surface area contributed by atoms with E-state index >= 15 is 0 Å². The standard InChI is InChI=1S/C19H29NO4/c1-23-9-3-5-15-11-16(6-4-10-24-2)13-17(12-15)14-20(19(21)22)18-7-8-18/h11-13,18H,3-10,14H2,1-2H3,(H,21,22). The van der Waals surface area contributed by atoms with Crippen LogP contribution in [0.25, 0.3) is 0 Å². The molecular weight excluding hydrogens is 306 g/mol. The number of rotatable bonds is 11. The van der Waals surface area contributed by atoms with E-state index in [4.69, 9.17) is 9.47 Å². The van der Waals surface area contributed by atoms with E-state index in [1.807, 2.05) is 0 Å². The van der Waals surface area contributed by atoms with Gasteiger partial charge in [0, 0.05) is 40.0 Å². The Bertz CT molecular complexity index is 500. The first-order valence-electron chi connectivity index (χ1n) is 8.73. The number of nitrogens with zero attached hydrogens (tertiary/aromatic N) is 1. The number of hydrogen-bond donors (Lipinski definition) is 1. The second kappa shape index (κ2) is 9.64. The van der Waals surface area contributed by atoms with Crippen LogP contribution in [0.15, 0.2) is 18.2 Å². The van der Waals surface area contributed by atoms with E-state index in [2.05, 4.69) is 18.2 Å². The summed E-state index contributed by atoms with van der Waals surface area (Å²) >= 11 is 0. The van der Waals surface area contributed by atoms with Gasteiger partial charge in [0.2, 0.25) is 0 Å². The lowest BCUT2D eigenvalue weighted by molar-refractivity contribution is 0.139. The number of amides is 1. The zero-order valence-electron chi connectivity index (χ0n) is 14.8. The van der Waals surface area contributed by atoms with Gasteiger partial charge in [-0.2, -0.15) is 0 Å². The molecule has 1 N–H and O–H groups in total. The maximum Gasteiger partial charge on any atom is 0.407 e. The van der Waals surface area contributed by atoms with Crippen LogP contribution in [0.5, 0.6) is 0 Å². The van der Waals surface area contributed by atoms with Crippen molar-refractivity contribution in [3.63, 3.8) is 0 Å². The molecule has 0 spiro atoms. The highest BCUT2D eigenvalue weighted by Gasteiger charge is 2.32. The summed E-state index contributed by atoms with van der Waals surface area (Å²) in [4.78, 5) is 13.0. The van der Waals surface area contributed by atoms with Crippen molar-refractivity contribution < 1.29 is 19.4 Å². The Kier molecular flexibility index (Phi) is 7.53. The molecule has 1 aromatic carbocycles. The molecule has 1 aliphatic rings. The van der Waals surface area contributed by atoms with Crippen molar-refractivity contribution in [2.24, 2.45) is 0 Å². The molecule has 1 aliphatic carbocycles. The molecular formula is C19H29NO4. The molecule has 1 saturated carbocycles. The van der Waals surface area contributed by atoms with E-state index in [-0.39, 0.29) is 6.04 Å². The Labute approximate surface area is 144 Å². The van der Waals surface area contributed by atoms with Gasteiger partial charge in [-0.05, 0) is 55.2 Å². The number of carbonyl (C=O) groups is 1. The SMILES string of the molecule is COCCCc1cc(CCCOC)cc(CN(C(=O)O)C2CC2)c1. The van der Waals surface area contributed by atoms with Crippen LogP contribution in [0.1, 0.15) is 42.4 Å². The molecule has 0 atom stereocenters. The Hall–Kier alpha value is -1.59. The number of carboxylic acid groups (broad SMARTS) is 1. The van der Waals surface area contributed by atoms with Gasteiger partial charge < -0.3 is 19.5 Å². The number of aryl methyl sites for hydroxylation is 2. The van der Waals surface area contributed by atoms with Crippen molar-refractivity contribution >= 4 is 6.09 Å². The minimum Gasteiger partial charge on any atom is -0.465 e. The number of ether oxygens (including phenoxy) is 2. The first-order chi connectivity index (χ1) is 11.6. The fourth-order valence-electron chi connectivity index (χ4n) is 3.00. The Morgan fingerprint density at radius 3 is 1.96 bits per heavy atom. The van der Waals surface area contributed by atoms with Crippen LogP contribution in [-0.2, 0) is 28.9 Å². The highest BCUT2D eigenvalue weighted by atomic mass is 16.5. The van der Waals surface area contributed by atoms with Gasteiger partial charge in [-0.15, -0.1) is 0 Å². The summed E-state index contributed by atoms with van der Waals surface area (Å²) < 4.78 is 10.3. The van der Waals surface area contributed by atoms with Crippen molar-refractivity contribution in [1.29, 1.82) is 0 Å². The molecule has 1 fully saturated rings. The summed E-state index contributed by atoms with van der Waals surface area (Å²) in [6.07, 6.45) is 5.01. The van der Waals surface area contributed by atoms with Crippen LogP contribution < -0.4 is 0 Å². The van der Waals surface area contributed by atoms with Crippen LogP contribution in [-0.4, -0.2) is 49.6 Å². The second-order valence-electron chi connectivity index (χ2n) is 6.49. The van der Waals surface area contributed by atoms with E-state index in [0.717, 1.165) is 57.3 Å². The zero-order valence-corrected chi connectivity index (χ0v) is 14.8.